The van der Waals surface area contributed by atoms with Gasteiger partial charge in [-0.2, -0.15) is 0 Å². The van der Waals surface area contributed by atoms with Crippen LogP contribution >= 0.6 is 0 Å². The number of hydrogen-bond donors (Lipinski definition) is 1. The van der Waals surface area contributed by atoms with Gasteiger partial charge in [-0.15, -0.1) is 0 Å². The van der Waals surface area contributed by atoms with E-state index in [-0.39, 0.29) is 5.91 Å². The Morgan fingerprint density at radius 2 is 2.20 bits per heavy atom. The van der Waals surface area contributed by atoms with E-state index in [1.807, 2.05) is 0 Å². The zero-order chi connectivity index (χ0) is 10.7. The van der Waals surface area contributed by atoms with E-state index < -0.39 is 6.10 Å². The average molecular weight is 213 g/mol. The molecule has 4 nitrogen and oxygen atoms in total. The van der Waals surface area contributed by atoms with E-state index in [9.17, 15) is 4.79 Å². The van der Waals surface area contributed by atoms with Crippen LogP contribution in [0.15, 0.2) is 0 Å². The Bertz CT molecular complexity index is 226. The summed E-state index contributed by atoms with van der Waals surface area (Å²) in [6.45, 7) is 3.75. The fourth-order valence-electron chi connectivity index (χ4n) is 2.27. The zero-order valence-corrected chi connectivity index (χ0v) is 9.20. The van der Waals surface area contributed by atoms with Gasteiger partial charge in [0, 0.05) is 6.04 Å². The molecule has 1 heterocycles. The smallest absolute Gasteiger partial charge is 0.251 e. The van der Waals surface area contributed by atoms with Crippen LogP contribution in [0, 0.1) is 5.92 Å². The van der Waals surface area contributed by atoms with Crippen molar-refractivity contribution in [1.29, 1.82) is 0 Å². The van der Waals surface area contributed by atoms with Crippen LogP contribution in [0.4, 0.5) is 0 Å². The maximum atomic E-state index is 11.7. The molecule has 3 atom stereocenters. The maximum Gasteiger partial charge on any atom is 0.251 e. The molecule has 1 N–H and O–H groups in total. The molecule has 0 aromatic carbocycles. The number of ether oxygens (including phenoxy) is 2. The number of hydrogen-bond acceptors (Lipinski definition) is 3. The quantitative estimate of drug-likeness (QED) is 0.734. The monoisotopic (exact) mass is 213 g/mol. The van der Waals surface area contributed by atoms with E-state index >= 15 is 0 Å². The summed E-state index contributed by atoms with van der Waals surface area (Å²) in [5.41, 5.74) is 0. The predicted octanol–water partition coefficient (Wildman–Crippen LogP) is 0.707. The first-order valence-corrected chi connectivity index (χ1v) is 5.75. The van der Waals surface area contributed by atoms with Gasteiger partial charge in [-0.05, 0) is 25.2 Å². The van der Waals surface area contributed by atoms with Crippen molar-refractivity contribution in [2.75, 3.05) is 19.8 Å². The van der Waals surface area contributed by atoms with E-state index in [1.165, 1.54) is 6.42 Å². The standard InChI is InChI=1S/C11H19NO3/c1-8-2-3-9(6-8)12-11(13)10-7-14-4-5-15-10/h8-10H,2-7H2,1H3,(H,12,13). The molecule has 2 fully saturated rings. The molecule has 1 aliphatic carbocycles. The molecule has 0 spiro atoms. The van der Waals surface area contributed by atoms with Gasteiger partial charge < -0.3 is 14.8 Å². The minimum atomic E-state index is -0.394. The third-order valence-electron chi connectivity index (χ3n) is 3.15. The van der Waals surface area contributed by atoms with Gasteiger partial charge in [-0.1, -0.05) is 6.92 Å². The molecule has 0 radical (unpaired) electrons. The molecular formula is C11H19NO3. The summed E-state index contributed by atoms with van der Waals surface area (Å²) in [6, 6.07) is 0.345. The highest BCUT2D eigenvalue weighted by Crippen LogP contribution is 2.24. The van der Waals surface area contributed by atoms with Crippen molar-refractivity contribution in [3.05, 3.63) is 0 Å². The summed E-state index contributed by atoms with van der Waals surface area (Å²) in [7, 11) is 0. The molecule has 0 bridgehead atoms. The van der Waals surface area contributed by atoms with E-state index in [2.05, 4.69) is 12.2 Å². The second-order valence-corrected chi connectivity index (χ2v) is 4.56. The fourth-order valence-corrected chi connectivity index (χ4v) is 2.27. The molecule has 2 rings (SSSR count). The third kappa shape index (κ3) is 2.92. The molecule has 1 aliphatic heterocycles. The molecule has 86 valence electrons. The Hall–Kier alpha value is -0.610. The largest absolute Gasteiger partial charge is 0.376 e. The first-order valence-electron chi connectivity index (χ1n) is 5.75. The lowest BCUT2D eigenvalue weighted by molar-refractivity contribution is -0.148. The minimum Gasteiger partial charge on any atom is -0.376 e. The topological polar surface area (TPSA) is 47.6 Å². The van der Waals surface area contributed by atoms with E-state index in [0.29, 0.717) is 25.9 Å². The number of carbonyl (C=O) groups excluding carboxylic acids is 1. The second kappa shape index (κ2) is 4.94. The van der Waals surface area contributed by atoms with Gasteiger partial charge in [0.25, 0.3) is 5.91 Å². The molecule has 2 aliphatic rings. The summed E-state index contributed by atoms with van der Waals surface area (Å²) in [6.07, 6.45) is 3.02. The third-order valence-corrected chi connectivity index (χ3v) is 3.15. The normalized spacial score (nSPS) is 36.5. The van der Waals surface area contributed by atoms with Gasteiger partial charge in [-0.3, -0.25) is 4.79 Å². The van der Waals surface area contributed by atoms with Crippen LogP contribution in [0.5, 0.6) is 0 Å². The van der Waals surface area contributed by atoms with E-state index in [0.717, 1.165) is 18.8 Å². The predicted molar refractivity (Wildman–Crippen MR) is 55.5 cm³/mol. The Morgan fingerprint density at radius 1 is 1.33 bits per heavy atom. The number of nitrogens with one attached hydrogen (secondary N) is 1. The van der Waals surface area contributed by atoms with Crippen molar-refractivity contribution >= 4 is 5.91 Å². The number of carbonyl (C=O) groups is 1. The summed E-state index contributed by atoms with van der Waals surface area (Å²) in [4.78, 5) is 11.7. The summed E-state index contributed by atoms with van der Waals surface area (Å²) in [5.74, 6) is 0.729. The van der Waals surface area contributed by atoms with Crippen molar-refractivity contribution in [1.82, 2.24) is 5.32 Å². The van der Waals surface area contributed by atoms with Crippen LogP contribution in [0.1, 0.15) is 26.2 Å². The van der Waals surface area contributed by atoms with Gasteiger partial charge in [0.1, 0.15) is 0 Å². The van der Waals surface area contributed by atoms with Gasteiger partial charge in [0.15, 0.2) is 6.10 Å². The molecule has 1 saturated heterocycles. The molecule has 1 amide bonds. The lowest BCUT2D eigenvalue weighted by Crippen LogP contribution is -2.46. The summed E-state index contributed by atoms with van der Waals surface area (Å²) in [5, 5.41) is 3.04. The fraction of sp³-hybridized carbons (Fsp3) is 0.909. The molecule has 4 heteroatoms. The molecule has 15 heavy (non-hydrogen) atoms. The molecule has 0 aromatic rings. The first-order chi connectivity index (χ1) is 7.25. The van der Waals surface area contributed by atoms with Crippen LogP contribution in [0.25, 0.3) is 0 Å². The summed E-state index contributed by atoms with van der Waals surface area (Å²) >= 11 is 0. The van der Waals surface area contributed by atoms with Crippen LogP contribution in [-0.2, 0) is 14.3 Å². The van der Waals surface area contributed by atoms with Gasteiger partial charge in [0.05, 0.1) is 19.8 Å². The van der Waals surface area contributed by atoms with Crippen molar-refractivity contribution in [2.45, 2.75) is 38.3 Å². The molecule has 0 aromatic heterocycles. The van der Waals surface area contributed by atoms with Crippen molar-refractivity contribution in [3.8, 4) is 0 Å². The Labute approximate surface area is 90.3 Å². The average Bonchev–Trinajstić information content (AvgIpc) is 2.65. The van der Waals surface area contributed by atoms with Crippen LogP contribution in [0.2, 0.25) is 0 Å². The highest BCUT2D eigenvalue weighted by molar-refractivity contribution is 5.81. The van der Waals surface area contributed by atoms with Crippen molar-refractivity contribution < 1.29 is 14.3 Å². The molecule has 1 saturated carbocycles. The number of amides is 1. The lowest BCUT2D eigenvalue weighted by Gasteiger charge is -2.23. The SMILES string of the molecule is CC1CCC(NC(=O)C2COCCO2)C1. The lowest BCUT2D eigenvalue weighted by atomic mass is 10.1. The van der Waals surface area contributed by atoms with Crippen molar-refractivity contribution in [2.24, 2.45) is 5.92 Å². The molecular weight excluding hydrogens is 194 g/mol. The zero-order valence-electron chi connectivity index (χ0n) is 9.20. The van der Waals surface area contributed by atoms with Gasteiger partial charge in [-0.25, -0.2) is 0 Å². The van der Waals surface area contributed by atoms with Gasteiger partial charge >= 0.3 is 0 Å². The van der Waals surface area contributed by atoms with E-state index in [1.54, 1.807) is 0 Å². The maximum absolute atomic E-state index is 11.7. The summed E-state index contributed by atoms with van der Waals surface area (Å²) < 4.78 is 10.5. The van der Waals surface area contributed by atoms with Gasteiger partial charge in [0.2, 0.25) is 0 Å². The minimum absolute atomic E-state index is 0.00574. The highest BCUT2D eigenvalue weighted by atomic mass is 16.6. The van der Waals surface area contributed by atoms with Crippen molar-refractivity contribution in [3.63, 3.8) is 0 Å². The Morgan fingerprint density at radius 3 is 2.80 bits per heavy atom. The number of rotatable bonds is 2. The van der Waals surface area contributed by atoms with Crippen LogP contribution in [0.3, 0.4) is 0 Å². The Balaban J connectivity index is 1.76. The second-order valence-electron chi connectivity index (χ2n) is 4.56. The first kappa shape index (κ1) is 10.9. The van der Waals surface area contributed by atoms with E-state index in [4.69, 9.17) is 9.47 Å². The van der Waals surface area contributed by atoms with Crippen LogP contribution in [-0.4, -0.2) is 37.9 Å². The highest BCUT2D eigenvalue weighted by Gasteiger charge is 2.27. The van der Waals surface area contributed by atoms with Crippen LogP contribution < -0.4 is 5.32 Å². The molecule has 3 unspecified atom stereocenters. The Kier molecular flexibility index (Phi) is 3.59.